The predicted octanol–water partition coefficient (Wildman–Crippen LogP) is -2.10. The van der Waals surface area contributed by atoms with Crippen molar-refractivity contribution in [1.29, 1.82) is 0 Å². The molecule has 22 heavy (non-hydrogen) atoms. The largest absolute Gasteiger partial charge is 0.394 e. The van der Waals surface area contributed by atoms with Gasteiger partial charge in [0.1, 0.15) is 12.2 Å². The van der Waals surface area contributed by atoms with Crippen molar-refractivity contribution < 1.29 is 24.7 Å². The summed E-state index contributed by atoms with van der Waals surface area (Å²) in [7, 11) is 1.28. The number of anilines is 1. The van der Waals surface area contributed by atoms with Gasteiger partial charge in [0.05, 0.1) is 20.0 Å². The van der Waals surface area contributed by atoms with Crippen molar-refractivity contribution >= 4 is 17.1 Å². The molecule has 0 spiro atoms. The van der Waals surface area contributed by atoms with Crippen molar-refractivity contribution in [2.45, 2.75) is 24.5 Å². The first-order chi connectivity index (χ1) is 10.6. The zero-order valence-corrected chi connectivity index (χ0v) is 11.5. The molecular weight excluding hydrogens is 298 g/mol. The van der Waals surface area contributed by atoms with Crippen molar-refractivity contribution in [2.24, 2.45) is 0 Å². The first kappa shape index (κ1) is 14.9. The van der Waals surface area contributed by atoms with Gasteiger partial charge in [-0.2, -0.15) is 4.98 Å². The fourth-order valence-electron chi connectivity index (χ4n) is 2.44. The fraction of sp³-hybridized carbons (Fsp3) is 0.545. The van der Waals surface area contributed by atoms with Crippen LogP contribution in [0.1, 0.15) is 6.23 Å². The summed E-state index contributed by atoms with van der Waals surface area (Å²) < 4.78 is 6.94. The van der Waals surface area contributed by atoms with E-state index < -0.39 is 36.7 Å². The number of aromatic nitrogens is 4. The molecule has 11 heteroatoms. The molecule has 5 N–H and O–H groups in total. The fourth-order valence-corrected chi connectivity index (χ4v) is 2.44. The van der Waals surface area contributed by atoms with E-state index in [9.17, 15) is 15.0 Å². The van der Waals surface area contributed by atoms with Crippen LogP contribution < -0.4 is 11.3 Å². The van der Waals surface area contributed by atoms with Crippen LogP contribution in [0.3, 0.4) is 0 Å². The van der Waals surface area contributed by atoms with Crippen LogP contribution in [0, 0.1) is 0 Å². The van der Waals surface area contributed by atoms with E-state index in [0.29, 0.717) is 0 Å². The summed E-state index contributed by atoms with van der Waals surface area (Å²) in [6.45, 7) is -0.413. The smallest absolute Gasteiger partial charge is 0.280 e. The molecule has 11 nitrogen and oxygen atoms in total. The number of hydrogen-bond donors (Lipinski definition) is 4. The lowest BCUT2D eigenvalue weighted by Gasteiger charge is -2.19. The molecule has 3 rings (SSSR count). The molecule has 0 radical (unpaired) electrons. The zero-order chi connectivity index (χ0) is 15.9. The average Bonchev–Trinajstić information content (AvgIpc) is 3.02. The van der Waals surface area contributed by atoms with Gasteiger partial charge in [-0.05, 0) is 0 Å². The minimum Gasteiger partial charge on any atom is -0.394 e. The summed E-state index contributed by atoms with van der Waals surface area (Å²) in [5.41, 5.74) is 5.27. The van der Waals surface area contributed by atoms with Crippen LogP contribution in [0.4, 0.5) is 5.95 Å². The van der Waals surface area contributed by atoms with Crippen molar-refractivity contribution in [3.63, 3.8) is 0 Å². The van der Waals surface area contributed by atoms with Crippen molar-refractivity contribution in [1.82, 2.24) is 19.5 Å². The number of fused-ring (bicyclic) bond motifs is 1. The number of ether oxygens (including phenoxy) is 1. The summed E-state index contributed by atoms with van der Waals surface area (Å²) in [6.07, 6.45) is -2.53. The molecule has 0 amide bonds. The maximum Gasteiger partial charge on any atom is 0.280 e. The monoisotopic (exact) mass is 313 g/mol. The maximum absolute atomic E-state index is 11.8. The number of imidazole rings is 1. The highest BCUT2D eigenvalue weighted by molar-refractivity contribution is 5.70. The van der Waals surface area contributed by atoms with Gasteiger partial charge in [-0.25, -0.2) is 14.8 Å². The molecule has 0 aromatic carbocycles. The number of aliphatic hydroxyl groups excluding tert-OH is 2. The Hall–Kier alpha value is -2.05. The second kappa shape index (κ2) is 5.62. The number of nitrogens with zero attached hydrogens (tertiary/aromatic N) is 3. The highest BCUT2D eigenvalue weighted by Crippen LogP contribution is 2.33. The van der Waals surface area contributed by atoms with Crippen LogP contribution in [-0.4, -0.2) is 61.8 Å². The van der Waals surface area contributed by atoms with Crippen molar-refractivity contribution in [2.75, 3.05) is 19.5 Å². The molecule has 0 unspecified atom stereocenters. The summed E-state index contributed by atoms with van der Waals surface area (Å²) in [6, 6.07) is 0. The highest BCUT2D eigenvalue weighted by atomic mass is 17.2. The minimum absolute atomic E-state index is 0.0657. The van der Waals surface area contributed by atoms with Gasteiger partial charge in [-0.15, -0.1) is 0 Å². The molecule has 1 fully saturated rings. The number of nitrogens with one attached hydrogen (secondary N) is 1. The first-order valence-corrected chi connectivity index (χ1v) is 6.43. The van der Waals surface area contributed by atoms with E-state index in [-0.39, 0.29) is 17.1 Å². The Kier molecular flexibility index (Phi) is 3.80. The van der Waals surface area contributed by atoms with E-state index in [1.54, 1.807) is 0 Å². The molecule has 0 saturated carbocycles. The van der Waals surface area contributed by atoms with Gasteiger partial charge in [-0.3, -0.25) is 14.3 Å². The molecular formula is C11H15N5O6. The number of aliphatic hydroxyl groups is 2. The number of nitrogens with two attached hydrogens (primary N) is 1. The molecule has 0 bridgehead atoms. The van der Waals surface area contributed by atoms with E-state index in [2.05, 4.69) is 19.8 Å². The Bertz CT molecular complexity index is 729. The Labute approximate surface area is 123 Å². The minimum atomic E-state index is -1.13. The normalized spacial score (nSPS) is 28.5. The van der Waals surface area contributed by atoms with Crippen molar-refractivity contribution in [3.05, 3.63) is 16.7 Å². The van der Waals surface area contributed by atoms with Gasteiger partial charge < -0.3 is 20.7 Å². The Morgan fingerprint density at radius 2 is 2.36 bits per heavy atom. The molecule has 1 aliphatic heterocycles. The summed E-state index contributed by atoms with van der Waals surface area (Å²) >= 11 is 0. The van der Waals surface area contributed by atoms with Gasteiger partial charge in [0.2, 0.25) is 5.95 Å². The predicted molar refractivity (Wildman–Crippen MR) is 71.4 cm³/mol. The number of hydrogen-bond acceptors (Lipinski definition) is 9. The Morgan fingerprint density at radius 3 is 3.05 bits per heavy atom. The SMILES string of the molecule is COO[C@@H]1[C@H](O)[C@@H](CO)O[C@H]1n1cnc2c(=O)[nH]c(N)nc21. The van der Waals surface area contributed by atoms with Gasteiger partial charge in [0, 0.05) is 0 Å². The standard InChI is InChI=1S/C11H15N5O6/c1-20-22-7-6(18)4(2-17)21-10(7)16-3-13-5-8(16)14-11(12)15-9(5)19/h3-4,6-7,10,17-18H,2H2,1H3,(H3,12,14,15,19)/t4-,6-,7-,10-/m1/s1. The molecule has 120 valence electrons. The summed E-state index contributed by atoms with van der Waals surface area (Å²) in [5.74, 6) is -0.0827. The second-order valence-electron chi connectivity index (χ2n) is 4.74. The highest BCUT2D eigenvalue weighted by Gasteiger charge is 2.46. The lowest BCUT2D eigenvalue weighted by atomic mass is 10.1. The third kappa shape index (κ3) is 2.24. The third-order valence-corrected chi connectivity index (χ3v) is 3.42. The van der Waals surface area contributed by atoms with Crippen LogP contribution in [0.2, 0.25) is 0 Å². The zero-order valence-electron chi connectivity index (χ0n) is 11.5. The van der Waals surface area contributed by atoms with E-state index in [0.717, 1.165) is 0 Å². The quantitative estimate of drug-likeness (QED) is 0.366. The van der Waals surface area contributed by atoms with Crippen molar-refractivity contribution in [3.8, 4) is 0 Å². The second-order valence-corrected chi connectivity index (χ2v) is 4.74. The number of aromatic amines is 1. The summed E-state index contributed by atoms with van der Waals surface area (Å²) in [4.78, 5) is 31.7. The van der Waals surface area contributed by atoms with Gasteiger partial charge >= 0.3 is 0 Å². The number of rotatable bonds is 4. The van der Waals surface area contributed by atoms with Crippen LogP contribution in [-0.2, 0) is 14.5 Å². The first-order valence-electron chi connectivity index (χ1n) is 6.43. The molecule has 2 aromatic rings. The van der Waals surface area contributed by atoms with Gasteiger partial charge in [-0.1, -0.05) is 0 Å². The van der Waals surface area contributed by atoms with Gasteiger partial charge in [0.15, 0.2) is 23.5 Å². The molecule has 3 heterocycles. The lowest BCUT2D eigenvalue weighted by Crippen LogP contribution is -2.35. The van der Waals surface area contributed by atoms with Crippen LogP contribution >= 0.6 is 0 Å². The van der Waals surface area contributed by atoms with Crippen LogP contribution in [0.25, 0.3) is 11.2 Å². The molecule has 4 atom stereocenters. The summed E-state index contributed by atoms with van der Waals surface area (Å²) in [5, 5.41) is 19.3. The Balaban J connectivity index is 2.07. The van der Waals surface area contributed by atoms with E-state index in [1.165, 1.54) is 18.0 Å². The number of H-pyrrole nitrogens is 1. The third-order valence-electron chi connectivity index (χ3n) is 3.42. The average molecular weight is 313 g/mol. The lowest BCUT2D eigenvalue weighted by molar-refractivity contribution is -0.327. The molecule has 0 aliphatic carbocycles. The van der Waals surface area contributed by atoms with Gasteiger partial charge in [0.25, 0.3) is 5.56 Å². The molecule has 1 saturated heterocycles. The van der Waals surface area contributed by atoms with E-state index in [4.69, 9.17) is 15.4 Å². The topological polar surface area (TPSA) is 158 Å². The van der Waals surface area contributed by atoms with E-state index in [1.807, 2.05) is 0 Å². The van der Waals surface area contributed by atoms with Crippen LogP contribution in [0.5, 0.6) is 0 Å². The number of nitrogen functional groups attached to an aromatic ring is 1. The van der Waals surface area contributed by atoms with E-state index >= 15 is 0 Å². The Morgan fingerprint density at radius 1 is 1.59 bits per heavy atom. The molecule has 1 aliphatic rings. The van der Waals surface area contributed by atoms with Crippen LogP contribution in [0.15, 0.2) is 11.1 Å². The maximum atomic E-state index is 11.8. The molecule has 2 aromatic heterocycles.